The molecule has 0 aliphatic carbocycles. The monoisotopic (exact) mass is 378 g/mol. The van der Waals surface area contributed by atoms with Crippen molar-refractivity contribution < 1.29 is 13.9 Å². The summed E-state index contributed by atoms with van der Waals surface area (Å²) in [5, 5.41) is 0. The molecule has 0 N–H and O–H groups in total. The summed E-state index contributed by atoms with van der Waals surface area (Å²) in [7, 11) is 1.66. The number of oxazole rings is 1. The molecule has 1 aliphatic heterocycles. The van der Waals surface area contributed by atoms with Crippen molar-refractivity contribution in [2.24, 2.45) is 0 Å². The molecule has 1 saturated heterocycles. The van der Waals surface area contributed by atoms with Gasteiger partial charge in [-0.05, 0) is 25.3 Å². The van der Waals surface area contributed by atoms with Crippen molar-refractivity contribution in [2.75, 3.05) is 13.7 Å². The van der Waals surface area contributed by atoms with E-state index in [1.54, 1.807) is 24.4 Å². The van der Waals surface area contributed by atoms with Gasteiger partial charge >= 0.3 is 0 Å². The van der Waals surface area contributed by atoms with Gasteiger partial charge in [0.15, 0.2) is 0 Å². The lowest BCUT2D eigenvalue weighted by atomic mass is 10.0. The molecule has 2 aromatic heterocycles. The lowest BCUT2D eigenvalue weighted by Crippen LogP contribution is -2.39. The molecule has 3 heterocycles. The Morgan fingerprint density at radius 2 is 2.11 bits per heavy atom. The number of rotatable bonds is 5. The van der Waals surface area contributed by atoms with E-state index in [1.807, 2.05) is 24.3 Å². The van der Waals surface area contributed by atoms with Gasteiger partial charge in [-0.2, -0.15) is 0 Å². The van der Waals surface area contributed by atoms with Crippen LogP contribution in [0.4, 0.5) is 0 Å². The number of benzene rings is 1. The second kappa shape index (κ2) is 8.21. The maximum Gasteiger partial charge on any atom is 0.274 e. The van der Waals surface area contributed by atoms with Crippen molar-refractivity contribution in [3.63, 3.8) is 0 Å². The number of hydrogen-bond donors (Lipinski definition) is 0. The molecule has 1 fully saturated rings. The van der Waals surface area contributed by atoms with Crippen LogP contribution in [0.3, 0.4) is 0 Å². The zero-order valence-electron chi connectivity index (χ0n) is 15.7. The highest BCUT2D eigenvalue weighted by molar-refractivity contribution is 5.92. The fraction of sp³-hybridized carbons (Fsp3) is 0.333. The van der Waals surface area contributed by atoms with Gasteiger partial charge in [0.1, 0.15) is 23.2 Å². The Morgan fingerprint density at radius 1 is 1.21 bits per heavy atom. The van der Waals surface area contributed by atoms with Gasteiger partial charge in [0.2, 0.25) is 5.89 Å². The highest BCUT2D eigenvalue weighted by atomic mass is 16.5. The molecule has 0 bridgehead atoms. The number of aromatic nitrogens is 3. The number of piperidine rings is 1. The number of para-hydroxylation sites is 1. The van der Waals surface area contributed by atoms with Crippen LogP contribution >= 0.6 is 0 Å². The molecule has 1 unspecified atom stereocenters. The Kier molecular flexibility index (Phi) is 5.32. The van der Waals surface area contributed by atoms with Crippen molar-refractivity contribution in [3.8, 4) is 5.75 Å². The van der Waals surface area contributed by atoms with Gasteiger partial charge in [-0.1, -0.05) is 18.2 Å². The first-order valence-electron chi connectivity index (χ1n) is 9.39. The average Bonchev–Trinajstić information content (AvgIpc) is 3.22. The molecule has 7 nitrogen and oxygen atoms in total. The Morgan fingerprint density at radius 3 is 2.93 bits per heavy atom. The number of methoxy groups -OCH3 is 1. The quantitative estimate of drug-likeness (QED) is 0.677. The van der Waals surface area contributed by atoms with Crippen molar-refractivity contribution in [3.05, 3.63) is 72.0 Å². The van der Waals surface area contributed by atoms with Crippen LogP contribution in [-0.2, 0) is 6.42 Å². The standard InChI is InChI=1S/C21H22N4O3/c1-27-19-8-3-2-6-15(19)12-16-13-24-20(28-16)18-7-4-5-11-25(18)21(26)17-14-22-9-10-23-17/h2-3,6,8-10,13-14,18H,4-5,7,11-12H2,1H3. The van der Waals surface area contributed by atoms with Crippen LogP contribution in [0.2, 0.25) is 0 Å². The fourth-order valence-corrected chi connectivity index (χ4v) is 3.58. The van der Waals surface area contributed by atoms with Gasteiger partial charge in [-0.3, -0.25) is 9.78 Å². The van der Waals surface area contributed by atoms with Gasteiger partial charge in [-0.15, -0.1) is 0 Å². The minimum Gasteiger partial charge on any atom is -0.496 e. The summed E-state index contributed by atoms with van der Waals surface area (Å²) in [6.07, 6.45) is 9.71. The number of amides is 1. The minimum absolute atomic E-state index is 0.137. The fourth-order valence-electron chi connectivity index (χ4n) is 3.58. The van der Waals surface area contributed by atoms with E-state index in [9.17, 15) is 4.79 Å². The summed E-state index contributed by atoms with van der Waals surface area (Å²) in [6, 6.07) is 7.65. The molecule has 0 radical (unpaired) electrons. The summed E-state index contributed by atoms with van der Waals surface area (Å²) in [6.45, 7) is 0.657. The number of carbonyl (C=O) groups is 1. The predicted octanol–water partition coefficient (Wildman–Crippen LogP) is 3.43. The minimum atomic E-state index is -0.185. The zero-order valence-corrected chi connectivity index (χ0v) is 15.7. The second-order valence-corrected chi connectivity index (χ2v) is 6.75. The summed E-state index contributed by atoms with van der Waals surface area (Å²) >= 11 is 0. The van der Waals surface area contributed by atoms with Crippen LogP contribution in [-0.4, -0.2) is 39.4 Å². The van der Waals surface area contributed by atoms with Crippen molar-refractivity contribution >= 4 is 5.91 Å². The summed E-state index contributed by atoms with van der Waals surface area (Å²) < 4.78 is 11.5. The molecule has 1 aliphatic rings. The number of ether oxygens (including phenoxy) is 1. The Bertz CT molecular complexity index is 942. The molecule has 4 rings (SSSR count). The largest absolute Gasteiger partial charge is 0.496 e. The van der Waals surface area contributed by atoms with Gasteiger partial charge < -0.3 is 14.1 Å². The topological polar surface area (TPSA) is 81.4 Å². The second-order valence-electron chi connectivity index (χ2n) is 6.75. The number of carbonyl (C=O) groups excluding carboxylic acids is 1. The molecule has 144 valence electrons. The van der Waals surface area contributed by atoms with Crippen molar-refractivity contribution in [1.82, 2.24) is 19.9 Å². The van der Waals surface area contributed by atoms with Gasteiger partial charge in [-0.25, -0.2) is 9.97 Å². The summed E-state index contributed by atoms with van der Waals surface area (Å²) in [4.78, 5) is 27.3. The Hall–Kier alpha value is -3.22. The summed E-state index contributed by atoms with van der Waals surface area (Å²) in [5.74, 6) is 2.00. The number of hydrogen-bond acceptors (Lipinski definition) is 6. The molecule has 1 aromatic carbocycles. The van der Waals surface area contributed by atoms with Crippen molar-refractivity contribution in [2.45, 2.75) is 31.7 Å². The maximum atomic E-state index is 12.9. The SMILES string of the molecule is COc1ccccc1Cc1cnc(C2CCCCN2C(=O)c2cnccn2)o1. The van der Waals surface area contributed by atoms with Gasteiger partial charge in [0, 0.05) is 30.9 Å². The Balaban J connectivity index is 1.55. The number of nitrogens with zero attached hydrogens (tertiary/aromatic N) is 4. The van der Waals surface area contributed by atoms with E-state index in [0.29, 0.717) is 24.6 Å². The molecule has 1 atom stereocenters. The Labute approximate surface area is 163 Å². The van der Waals surface area contributed by atoms with Gasteiger partial charge in [0.05, 0.1) is 19.5 Å². The molecule has 0 saturated carbocycles. The molecule has 3 aromatic rings. The molecular weight excluding hydrogens is 356 g/mol. The first-order valence-corrected chi connectivity index (χ1v) is 9.39. The third-order valence-electron chi connectivity index (χ3n) is 4.96. The predicted molar refractivity (Wildman–Crippen MR) is 102 cm³/mol. The lowest BCUT2D eigenvalue weighted by Gasteiger charge is -2.33. The smallest absolute Gasteiger partial charge is 0.274 e. The molecular formula is C21H22N4O3. The molecule has 7 heteroatoms. The summed E-state index contributed by atoms with van der Waals surface area (Å²) in [5.41, 5.74) is 1.37. The van der Waals surface area contributed by atoms with Crippen LogP contribution in [0.1, 0.15) is 53.0 Å². The molecule has 0 spiro atoms. The molecule has 28 heavy (non-hydrogen) atoms. The van der Waals surface area contributed by atoms with Crippen LogP contribution in [0, 0.1) is 0 Å². The van der Waals surface area contributed by atoms with Crippen LogP contribution in [0.15, 0.2) is 53.5 Å². The third-order valence-corrected chi connectivity index (χ3v) is 4.96. The van der Waals surface area contributed by atoms with E-state index in [-0.39, 0.29) is 11.9 Å². The normalized spacial score (nSPS) is 16.8. The van der Waals surface area contributed by atoms with Crippen LogP contribution in [0.5, 0.6) is 5.75 Å². The highest BCUT2D eigenvalue weighted by Crippen LogP contribution is 2.32. The molecule has 1 amide bonds. The lowest BCUT2D eigenvalue weighted by molar-refractivity contribution is 0.0563. The third kappa shape index (κ3) is 3.74. The first kappa shape index (κ1) is 18.2. The zero-order chi connectivity index (χ0) is 19.3. The van der Waals surface area contributed by atoms with Crippen LogP contribution < -0.4 is 4.74 Å². The van der Waals surface area contributed by atoms with Crippen molar-refractivity contribution in [1.29, 1.82) is 0 Å². The van der Waals surface area contributed by atoms with Crippen LogP contribution in [0.25, 0.3) is 0 Å². The highest BCUT2D eigenvalue weighted by Gasteiger charge is 2.32. The van der Waals surface area contributed by atoms with Gasteiger partial charge in [0.25, 0.3) is 5.91 Å². The van der Waals surface area contributed by atoms with E-state index < -0.39 is 0 Å². The van der Waals surface area contributed by atoms with E-state index in [2.05, 4.69) is 15.0 Å². The number of likely N-dealkylation sites (tertiary alicyclic amines) is 1. The van der Waals surface area contributed by atoms with E-state index in [1.165, 1.54) is 12.4 Å². The van der Waals surface area contributed by atoms with E-state index in [0.717, 1.165) is 36.3 Å². The maximum absolute atomic E-state index is 12.9. The van der Waals surface area contributed by atoms with E-state index in [4.69, 9.17) is 9.15 Å². The average molecular weight is 378 g/mol. The van der Waals surface area contributed by atoms with E-state index >= 15 is 0 Å². The first-order chi connectivity index (χ1) is 13.8.